The normalized spacial score (nSPS) is 32.5. The Balaban J connectivity index is 1.81. The number of fused-ring (bicyclic) bond motifs is 1. The smallest absolute Gasteiger partial charge is 0.197 e. The molecule has 0 aliphatic carbocycles. The summed E-state index contributed by atoms with van der Waals surface area (Å²) >= 11 is 0. The van der Waals surface area contributed by atoms with Crippen LogP contribution >= 0.6 is 0 Å². The van der Waals surface area contributed by atoms with E-state index in [1.807, 2.05) is 0 Å². The maximum atomic E-state index is 13.4. The largest absolute Gasteiger partial charge is 0.508 e. The molecule has 0 radical (unpaired) electrons. The lowest BCUT2D eigenvalue weighted by atomic mass is 9.87. The number of aliphatic hydroxyl groups is 7. The first-order chi connectivity index (χ1) is 19.0. The molecule has 2 fully saturated rings. The van der Waals surface area contributed by atoms with Gasteiger partial charge in [0.05, 0.1) is 24.3 Å². The van der Waals surface area contributed by atoms with Gasteiger partial charge >= 0.3 is 0 Å². The molecule has 14 nitrogen and oxygen atoms in total. The Morgan fingerprint density at radius 1 is 0.675 bits per heavy atom. The van der Waals surface area contributed by atoms with Crippen molar-refractivity contribution in [2.75, 3.05) is 13.2 Å². The average molecular weight is 564 g/mol. The summed E-state index contributed by atoms with van der Waals surface area (Å²) in [7, 11) is 0. The number of ether oxygens (including phenoxy) is 2. The highest BCUT2D eigenvalue weighted by molar-refractivity contribution is 5.92. The first-order valence-electron chi connectivity index (χ1n) is 12.3. The third kappa shape index (κ3) is 4.39. The maximum Gasteiger partial charge on any atom is 0.197 e. The van der Waals surface area contributed by atoms with Crippen LogP contribution in [0.25, 0.3) is 22.3 Å². The van der Waals surface area contributed by atoms with Gasteiger partial charge in [0, 0.05) is 11.6 Å². The van der Waals surface area contributed by atoms with Gasteiger partial charge in [0.25, 0.3) is 0 Å². The average Bonchev–Trinajstić information content (AvgIpc) is 3.21. The third-order valence-electron chi connectivity index (χ3n) is 7.35. The molecule has 2 aromatic carbocycles. The molecule has 0 bridgehead atoms. The molecule has 0 unspecified atom stereocenters. The predicted octanol–water partition coefficient (Wildman–Crippen LogP) is -1.75. The van der Waals surface area contributed by atoms with Gasteiger partial charge < -0.3 is 65.0 Å². The highest BCUT2D eigenvalue weighted by atomic mass is 16.6. The Morgan fingerprint density at radius 2 is 1.20 bits per heavy atom. The van der Waals surface area contributed by atoms with E-state index in [1.54, 1.807) is 0 Å². The molecule has 9 atom stereocenters. The van der Waals surface area contributed by atoms with Crippen molar-refractivity contribution in [1.82, 2.24) is 0 Å². The van der Waals surface area contributed by atoms with E-state index >= 15 is 0 Å². The molecule has 10 N–H and O–H groups in total. The quantitative estimate of drug-likeness (QED) is 0.165. The van der Waals surface area contributed by atoms with Gasteiger partial charge in [-0.25, -0.2) is 0 Å². The van der Waals surface area contributed by atoms with Crippen LogP contribution in [0.5, 0.6) is 17.2 Å². The topological polar surface area (TPSA) is 251 Å². The van der Waals surface area contributed by atoms with Gasteiger partial charge in [0.1, 0.15) is 83.3 Å². The van der Waals surface area contributed by atoms with Crippen molar-refractivity contribution < 1.29 is 65.0 Å². The van der Waals surface area contributed by atoms with Crippen molar-refractivity contribution >= 4 is 11.0 Å². The summed E-state index contributed by atoms with van der Waals surface area (Å²) < 4.78 is 17.0. The fourth-order valence-corrected chi connectivity index (χ4v) is 5.19. The molecule has 216 valence electrons. The summed E-state index contributed by atoms with van der Waals surface area (Å²) in [6.45, 7) is -1.55. The summed E-state index contributed by atoms with van der Waals surface area (Å²) in [5.74, 6) is -1.99. The second kappa shape index (κ2) is 10.6. The fraction of sp³-hybridized carbons (Fsp3) is 0.423. The summed E-state index contributed by atoms with van der Waals surface area (Å²) in [5.41, 5.74) is -2.18. The van der Waals surface area contributed by atoms with Crippen LogP contribution in [-0.4, -0.2) is 107 Å². The number of aromatic hydroxyl groups is 3. The van der Waals surface area contributed by atoms with Gasteiger partial charge in [-0.05, 0) is 24.3 Å². The Morgan fingerprint density at radius 3 is 1.75 bits per heavy atom. The van der Waals surface area contributed by atoms with Gasteiger partial charge in [-0.1, -0.05) is 0 Å². The zero-order valence-corrected chi connectivity index (χ0v) is 20.6. The summed E-state index contributed by atoms with van der Waals surface area (Å²) in [6.07, 6.45) is -15.3. The minimum Gasteiger partial charge on any atom is -0.508 e. The highest BCUT2D eigenvalue weighted by Gasteiger charge is 2.49. The molecule has 14 heteroatoms. The maximum absolute atomic E-state index is 13.4. The van der Waals surface area contributed by atoms with Crippen LogP contribution < -0.4 is 5.43 Å². The minimum absolute atomic E-state index is 0.0766. The molecule has 2 aliphatic heterocycles. The van der Waals surface area contributed by atoms with Crippen LogP contribution in [0.15, 0.2) is 39.5 Å². The lowest BCUT2D eigenvalue weighted by molar-refractivity contribution is -0.231. The van der Waals surface area contributed by atoms with Gasteiger partial charge in [0.15, 0.2) is 11.0 Å². The lowest BCUT2D eigenvalue weighted by Gasteiger charge is -2.40. The Kier molecular flexibility index (Phi) is 7.47. The molecule has 3 aromatic rings. The van der Waals surface area contributed by atoms with E-state index in [4.69, 9.17) is 13.9 Å². The van der Waals surface area contributed by atoms with Crippen molar-refractivity contribution in [3.8, 4) is 28.6 Å². The van der Waals surface area contributed by atoms with Crippen molar-refractivity contribution in [3.63, 3.8) is 0 Å². The first-order valence-corrected chi connectivity index (χ1v) is 12.3. The predicted molar refractivity (Wildman–Crippen MR) is 132 cm³/mol. The van der Waals surface area contributed by atoms with Crippen LogP contribution in [0.3, 0.4) is 0 Å². The van der Waals surface area contributed by atoms with Crippen LogP contribution in [0.4, 0.5) is 0 Å². The first kappa shape index (κ1) is 28.2. The van der Waals surface area contributed by atoms with E-state index in [1.165, 1.54) is 24.3 Å². The third-order valence-corrected chi connectivity index (χ3v) is 7.35. The SMILES string of the molecule is O=c1cc(-c2ccc(O)cc2)oc2c([C@@H]3O[C@H](CO)[C@@H](O)[C@H](O)[C@H]3O)c(O)c([C@@H]3O[C@@H](CO)[C@H](O)[C@H]3O)c(O)c12. The Labute approximate surface area is 224 Å². The number of phenols is 3. The summed E-state index contributed by atoms with van der Waals surface area (Å²) in [5, 5.41) is 103. The van der Waals surface area contributed by atoms with Crippen molar-refractivity contribution in [2.24, 2.45) is 0 Å². The second-order valence-corrected chi connectivity index (χ2v) is 9.76. The molecule has 0 spiro atoms. The van der Waals surface area contributed by atoms with Gasteiger partial charge in [0.2, 0.25) is 0 Å². The minimum atomic E-state index is -1.96. The number of phenolic OH excluding ortho intramolecular Hbond substituents is 3. The van der Waals surface area contributed by atoms with E-state index < -0.39 is 107 Å². The standard InChI is InChI=1S/C26H28O14/c27-6-12-17(31)21(35)23(37)26(40-12)16-20(34)15(25-22(36)18(32)13(7-28)39-25)19(33)14-10(30)5-11(38-24(14)16)8-1-3-9(29)4-2-8/h1-5,12-13,17-18,21-23,25-29,31-37H,6-7H2/t12-,13+,17-,18+,21+,22-,23-,25+,26+/m1/s1. The number of hydrogen-bond acceptors (Lipinski definition) is 14. The molecule has 0 amide bonds. The number of benzene rings is 2. The molecule has 2 saturated heterocycles. The van der Waals surface area contributed by atoms with E-state index in [0.717, 1.165) is 6.07 Å². The number of aliphatic hydroxyl groups excluding tert-OH is 7. The molecule has 5 rings (SSSR count). The van der Waals surface area contributed by atoms with Gasteiger partial charge in [-0.15, -0.1) is 0 Å². The van der Waals surface area contributed by atoms with E-state index in [9.17, 15) is 55.9 Å². The molecular weight excluding hydrogens is 536 g/mol. The Bertz CT molecular complexity index is 1450. The molecular formula is C26H28O14. The molecule has 3 heterocycles. The fourth-order valence-electron chi connectivity index (χ4n) is 5.19. The summed E-state index contributed by atoms with van der Waals surface area (Å²) in [6, 6.07) is 6.47. The zero-order valence-electron chi connectivity index (χ0n) is 20.6. The van der Waals surface area contributed by atoms with E-state index in [2.05, 4.69) is 0 Å². The van der Waals surface area contributed by atoms with Crippen molar-refractivity contribution in [1.29, 1.82) is 0 Å². The van der Waals surface area contributed by atoms with Gasteiger partial charge in [-0.2, -0.15) is 0 Å². The van der Waals surface area contributed by atoms with Crippen LogP contribution in [-0.2, 0) is 9.47 Å². The monoisotopic (exact) mass is 564 g/mol. The Hall–Kier alpha value is -3.31. The van der Waals surface area contributed by atoms with E-state index in [-0.39, 0.29) is 11.5 Å². The number of hydrogen-bond donors (Lipinski definition) is 10. The van der Waals surface area contributed by atoms with Crippen LogP contribution in [0, 0.1) is 0 Å². The highest BCUT2D eigenvalue weighted by Crippen LogP contribution is 2.51. The van der Waals surface area contributed by atoms with Gasteiger partial charge in [-0.3, -0.25) is 4.79 Å². The molecule has 2 aliphatic rings. The molecule has 0 saturated carbocycles. The van der Waals surface area contributed by atoms with Crippen LogP contribution in [0.1, 0.15) is 23.3 Å². The molecule has 1 aromatic heterocycles. The van der Waals surface area contributed by atoms with E-state index in [0.29, 0.717) is 5.56 Å². The second-order valence-electron chi connectivity index (χ2n) is 9.76. The molecule has 40 heavy (non-hydrogen) atoms. The van der Waals surface area contributed by atoms with Crippen LogP contribution in [0.2, 0.25) is 0 Å². The van der Waals surface area contributed by atoms with Crippen molar-refractivity contribution in [3.05, 3.63) is 51.7 Å². The zero-order chi connectivity index (χ0) is 29.0. The number of rotatable bonds is 5. The summed E-state index contributed by atoms with van der Waals surface area (Å²) in [4.78, 5) is 13.4. The van der Waals surface area contributed by atoms with Crippen molar-refractivity contribution in [2.45, 2.75) is 54.9 Å². The lowest BCUT2D eigenvalue weighted by Crippen LogP contribution is -2.55.